The Balaban J connectivity index is 1.54. The summed E-state index contributed by atoms with van der Waals surface area (Å²) in [6, 6.07) is 11.5. The molecule has 3 aromatic rings. The van der Waals surface area contributed by atoms with Gasteiger partial charge in [-0.3, -0.25) is 9.69 Å². The van der Waals surface area contributed by atoms with E-state index in [2.05, 4.69) is 10.2 Å². The Morgan fingerprint density at radius 1 is 1.22 bits per heavy atom. The zero-order valence-electron chi connectivity index (χ0n) is 15.4. The lowest BCUT2D eigenvalue weighted by molar-refractivity contribution is 0.0901. The number of amides is 1. The standard InChI is InChI=1S/C21H24N2O4/c1-25-14-16-15-7-2-3-8-18(15)27-20(16)21(24)22-13-17(19-9-6-12-26-19)23-10-4-5-11-23/h2-3,6-9,12,17H,4-5,10-11,13-14H2,1H3,(H,22,24)/t17-/m1/s1. The van der Waals surface area contributed by atoms with Crippen molar-refractivity contribution in [3.63, 3.8) is 0 Å². The Labute approximate surface area is 158 Å². The molecule has 0 spiro atoms. The Bertz CT molecular complexity index is 894. The number of carbonyl (C=O) groups excluding carboxylic acids is 1. The summed E-state index contributed by atoms with van der Waals surface area (Å²) < 4.78 is 16.7. The van der Waals surface area contributed by atoms with E-state index >= 15 is 0 Å². The molecule has 1 aliphatic rings. The van der Waals surface area contributed by atoms with Gasteiger partial charge in [0.15, 0.2) is 5.76 Å². The molecule has 2 aromatic heterocycles. The molecule has 1 aromatic carbocycles. The highest BCUT2D eigenvalue weighted by Crippen LogP contribution is 2.28. The summed E-state index contributed by atoms with van der Waals surface area (Å²) in [5.74, 6) is 0.964. The van der Waals surface area contributed by atoms with E-state index in [4.69, 9.17) is 13.6 Å². The third-order valence-corrected chi connectivity index (χ3v) is 5.10. The Kier molecular flexibility index (Phi) is 5.27. The number of benzene rings is 1. The molecule has 6 heteroatoms. The van der Waals surface area contributed by atoms with E-state index in [9.17, 15) is 4.79 Å². The van der Waals surface area contributed by atoms with Crippen LogP contribution in [0.3, 0.4) is 0 Å². The third kappa shape index (κ3) is 3.63. The number of furan rings is 2. The lowest BCUT2D eigenvalue weighted by atomic mass is 10.1. The first-order valence-electron chi connectivity index (χ1n) is 9.33. The van der Waals surface area contributed by atoms with Crippen LogP contribution >= 0.6 is 0 Å². The van der Waals surface area contributed by atoms with Crippen molar-refractivity contribution in [3.05, 3.63) is 59.7 Å². The molecule has 1 saturated heterocycles. The van der Waals surface area contributed by atoms with Gasteiger partial charge in [0.1, 0.15) is 11.3 Å². The van der Waals surface area contributed by atoms with E-state index in [1.807, 2.05) is 36.4 Å². The van der Waals surface area contributed by atoms with Crippen LogP contribution in [0.15, 0.2) is 51.5 Å². The van der Waals surface area contributed by atoms with Gasteiger partial charge in [-0.1, -0.05) is 18.2 Å². The van der Waals surface area contributed by atoms with Gasteiger partial charge in [-0.05, 0) is 44.1 Å². The first-order valence-corrected chi connectivity index (χ1v) is 9.33. The molecule has 4 rings (SSSR count). The van der Waals surface area contributed by atoms with Crippen LogP contribution in [0.1, 0.15) is 40.8 Å². The maximum absolute atomic E-state index is 12.9. The minimum Gasteiger partial charge on any atom is -0.468 e. The van der Waals surface area contributed by atoms with Crippen molar-refractivity contribution in [2.45, 2.75) is 25.5 Å². The van der Waals surface area contributed by atoms with Gasteiger partial charge in [-0.2, -0.15) is 0 Å². The van der Waals surface area contributed by atoms with Gasteiger partial charge in [0.05, 0.1) is 18.9 Å². The number of para-hydroxylation sites is 1. The number of carbonyl (C=O) groups is 1. The SMILES string of the molecule is COCc1c(C(=O)NC[C@H](c2ccco2)N2CCCC2)oc2ccccc12. The van der Waals surface area contributed by atoms with Crippen LogP contribution < -0.4 is 5.32 Å². The Morgan fingerprint density at radius 2 is 2.04 bits per heavy atom. The lowest BCUT2D eigenvalue weighted by Crippen LogP contribution is -2.36. The fourth-order valence-electron chi connectivity index (χ4n) is 3.78. The minimum absolute atomic E-state index is 0.0294. The number of ether oxygens (including phenoxy) is 1. The van der Waals surface area contributed by atoms with E-state index in [1.165, 1.54) is 12.8 Å². The first kappa shape index (κ1) is 17.8. The number of fused-ring (bicyclic) bond motifs is 1. The molecule has 0 bridgehead atoms. The summed E-state index contributed by atoms with van der Waals surface area (Å²) in [7, 11) is 1.61. The molecule has 0 saturated carbocycles. The number of rotatable bonds is 7. The fourth-order valence-corrected chi connectivity index (χ4v) is 3.78. The highest BCUT2D eigenvalue weighted by atomic mass is 16.5. The van der Waals surface area contributed by atoms with Gasteiger partial charge in [-0.15, -0.1) is 0 Å². The number of methoxy groups -OCH3 is 1. The van der Waals surface area contributed by atoms with Crippen LogP contribution in [-0.4, -0.2) is 37.6 Å². The zero-order valence-corrected chi connectivity index (χ0v) is 15.4. The molecule has 0 aliphatic carbocycles. The second kappa shape index (κ2) is 7.98. The first-order chi connectivity index (χ1) is 13.3. The second-order valence-electron chi connectivity index (χ2n) is 6.82. The largest absolute Gasteiger partial charge is 0.468 e. The highest BCUT2D eigenvalue weighted by Gasteiger charge is 2.27. The topological polar surface area (TPSA) is 67.8 Å². The van der Waals surface area contributed by atoms with Crippen molar-refractivity contribution in [1.29, 1.82) is 0 Å². The van der Waals surface area contributed by atoms with Crippen molar-refractivity contribution in [3.8, 4) is 0 Å². The average molecular weight is 368 g/mol. The van der Waals surface area contributed by atoms with Crippen LogP contribution in [0.2, 0.25) is 0 Å². The number of nitrogens with one attached hydrogen (secondary N) is 1. The van der Waals surface area contributed by atoms with Crippen LogP contribution in [0.5, 0.6) is 0 Å². The normalized spacial score (nSPS) is 16.0. The summed E-state index contributed by atoms with van der Waals surface area (Å²) in [4.78, 5) is 15.2. The molecule has 27 heavy (non-hydrogen) atoms. The second-order valence-corrected chi connectivity index (χ2v) is 6.82. The van der Waals surface area contributed by atoms with E-state index in [-0.39, 0.29) is 11.9 Å². The van der Waals surface area contributed by atoms with Gasteiger partial charge in [-0.25, -0.2) is 0 Å². The number of hydrogen-bond acceptors (Lipinski definition) is 5. The smallest absolute Gasteiger partial charge is 0.287 e. The Hall–Kier alpha value is -2.57. The van der Waals surface area contributed by atoms with Crippen LogP contribution in [0, 0.1) is 0 Å². The lowest BCUT2D eigenvalue weighted by Gasteiger charge is -2.25. The Morgan fingerprint density at radius 3 is 2.78 bits per heavy atom. The maximum atomic E-state index is 12.9. The third-order valence-electron chi connectivity index (χ3n) is 5.10. The summed E-state index contributed by atoms with van der Waals surface area (Å²) in [6.07, 6.45) is 4.02. The fraction of sp³-hybridized carbons (Fsp3) is 0.381. The number of hydrogen-bond donors (Lipinski definition) is 1. The summed E-state index contributed by atoms with van der Waals surface area (Å²) in [6.45, 7) is 2.82. The molecule has 0 radical (unpaired) electrons. The van der Waals surface area contributed by atoms with Crippen LogP contribution in [0.25, 0.3) is 11.0 Å². The molecule has 1 atom stereocenters. The van der Waals surface area contributed by atoms with Gasteiger partial charge < -0.3 is 18.9 Å². The van der Waals surface area contributed by atoms with Gasteiger partial charge in [0.2, 0.25) is 0 Å². The van der Waals surface area contributed by atoms with Crippen molar-refractivity contribution in [1.82, 2.24) is 10.2 Å². The maximum Gasteiger partial charge on any atom is 0.287 e. The predicted octanol–water partition coefficient (Wildman–Crippen LogP) is 3.74. The molecule has 1 fully saturated rings. The predicted molar refractivity (Wildman–Crippen MR) is 102 cm³/mol. The van der Waals surface area contributed by atoms with Crippen molar-refractivity contribution < 1.29 is 18.4 Å². The molecular formula is C21H24N2O4. The molecule has 0 unspecified atom stereocenters. The minimum atomic E-state index is -0.228. The van der Waals surface area contributed by atoms with Gasteiger partial charge >= 0.3 is 0 Å². The molecule has 3 heterocycles. The highest BCUT2D eigenvalue weighted by molar-refractivity contribution is 5.99. The van der Waals surface area contributed by atoms with Crippen LogP contribution in [0.4, 0.5) is 0 Å². The van der Waals surface area contributed by atoms with Gasteiger partial charge in [0, 0.05) is 24.6 Å². The van der Waals surface area contributed by atoms with Crippen molar-refractivity contribution in [2.75, 3.05) is 26.7 Å². The van der Waals surface area contributed by atoms with E-state index < -0.39 is 0 Å². The molecule has 142 valence electrons. The number of nitrogens with zero attached hydrogens (tertiary/aromatic N) is 1. The summed E-state index contributed by atoms with van der Waals surface area (Å²) in [5, 5.41) is 3.94. The van der Waals surface area contributed by atoms with Crippen LogP contribution in [-0.2, 0) is 11.3 Å². The monoisotopic (exact) mass is 368 g/mol. The molecule has 1 amide bonds. The van der Waals surface area contributed by atoms with E-state index in [0.717, 1.165) is 29.8 Å². The average Bonchev–Trinajstić information content (AvgIpc) is 3.44. The molecule has 6 nitrogen and oxygen atoms in total. The molecule has 1 N–H and O–H groups in total. The molecule has 1 aliphatic heterocycles. The van der Waals surface area contributed by atoms with E-state index in [0.29, 0.717) is 24.5 Å². The quantitative estimate of drug-likeness (QED) is 0.688. The summed E-state index contributed by atoms with van der Waals surface area (Å²) in [5.41, 5.74) is 1.47. The van der Waals surface area contributed by atoms with E-state index in [1.54, 1.807) is 13.4 Å². The number of likely N-dealkylation sites (tertiary alicyclic amines) is 1. The molecular weight excluding hydrogens is 344 g/mol. The summed E-state index contributed by atoms with van der Waals surface area (Å²) >= 11 is 0. The van der Waals surface area contributed by atoms with Crippen molar-refractivity contribution >= 4 is 16.9 Å². The van der Waals surface area contributed by atoms with Crippen molar-refractivity contribution in [2.24, 2.45) is 0 Å². The van der Waals surface area contributed by atoms with Gasteiger partial charge in [0.25, 0.3) is 5.91 Å². The zero-order chi connectivity index (χ0) is 18.6.